The Labute approximate surface area is 149 Å². The summed E-state index contributed by atoms with van der Waals surface area (Å²) in [6, 6.07) is 7.27. The smallest absolute Gasteiger partial charge is 0.235 e. The molecule has 5 nitrogen and oxygen atoms in total. The minimum atomic E-state index is -0.220. The molecule has 3 rings (SSSR count). The molecular formula is C18H19FN4OS. The van der Waals surface area contributed by atoms with E-state index in [1.54, 1.807) is 19.1 Å². The highest BCUT2D eigenvalue weighted by atomic mass is 32.1. The monoisotopic (exact) mass is 358 g/mol. The number of rotatable bonds is 4. The number of aryl methyl sites for hydroxylation is 2. The van der Waals surface area contributed by atoms with Gasteiger partial charge in [0.25, 0.3) is 0 Å². The van der Waals surface area contributed by atoms with Crippen LogP contribution in [0.2, 0.25) is 0 Å². The SMILES string of the molecule is CC(=O)NNc1nc(-c2cc(C)n(-c3ccc(C)c(F)c3)c2C)cs1. The summed E-state index contributed by atoms with van der Waals surface area (Å²) in [6.07, 6.45) is 0. The molecule has 0 unspecified atom stereocenters. The van der Waals surface area contributed by atoms with E-state index in [1.165, 1.54) is 18.3 Å². The minimum Gasteiger partial charge on any atom is -0.318 e. The third-order valence-electron chi connectivity index (χ3n) is 3.97. The zero-order chi connectivity index (χ0) is 18.1. The Bertz CT molecular complexity index is 945. The maximum absolute atomic E-state index is 13.9. The third kappa shape index (κ3) is 3.41. The lowest BCUT2D eigenvalue weighted by Gasteiger charge is -2.10. The average Bonchev–Trinajstić information content (AvgIpc) is 3.13. The Kier molecular flexibility index (Phi) is 4.59. The van der Waals surface area contributed by atoms with Gasteiger partial charge < -0.3 is 4.57 Å². The van der Waals surface area contributed by atoms with E-state index < -0.39 is 0 Å². The van der Waals surface area contributed by atoms with Crippen LogP contribution in [0.4, 0.5) is 9.52 Å². The summed E-state index contributed by atoms with van der Waals surface area (Å²) >= 11 is 1.40. The van der Waals surface area contributed by atoms with E-state index in [4.69, 9.17) is 0 Å². The molecule has 0 radical (unpaired) electrons. The second kappa shape index (κ2) is 6.68. The number of carbonyl (C=O) groups is 1. The van der Waals surface area contributed by atoms with Crippen molar-refractivity contribution in [2.24, 2.45) is 0 Å². The number of hydrogen-bond donors (Lipinski definition) is 2. The highest BCUT2D eigenvalue weighted by Crippen LogP contribution is 2.31. The predicted octanol–water partition coefficient (Wildman–Crippen LogP) is 4.13. The molecule has 0 atom stereocenters. The van der Waals surface area contributed by atoms with Crippen molar-refractivity contribution >= 4 is 22.4 Å². The van der Waals surface area contributed by atoms with Gasteiger partial charge in [0.15, 0.2) is 0 Å². The first-order valence-corrected chi connectivity index (χ1v) is 8.68. The molecule has 0 saturated carbocycles. The lowest BCUT2D eigenvalue weighted by atomic mass is 10.2. The summed E-state index contributed by atoms with van der Waals surface area (Å²) < 4.78 is 16.0. The van der Waals surface area contributed by atoms with Crippen LogP contribution in [0.5, 0.6) is 0 Å². The second-order valence-electron chi connectivity index (χ2n) is 5.90. The van der Waals surface area contributed by atoms with Crippen LogP contribution in [0.25, 0.3) is 16.9 Å². The van der Waals surface area contributed by atoms with Gasteiger partial charge in [-0.3, -0.25) is 15.6 Å². The van der Waals surface area contributed by atoms with Gasteiger partial charge >= 0.3 is 0 Å². The first-order chi connectivity index (χ1) is 11.9. The lowest BCUT2D eigenvalue weighted by molar-refractivity contribution is -0.118. The zero-order valence-corrected chi connectivity index (χ0v) is 15.3. The molecule has 0 aliphatic heterocycles. The number of thiazole rings is 1. The molecular weight excluding hydrogens is 339 g/mol. The highest BCUT2D eigenvalue weighted by Gasteiger charge is 2.15. The van der Waals surface area contributed by atoms with Gasteiger partial charge in [-0.15, -0.1) is 11.3 Å². The van der Waals surface area contributed by atoms with Crippen molar-refractivity contribution in [2.75, 3.05) is 5.43 Å². The molecule has 2 aromatic heterocycles. The van der Waals surface area contributed by atoms with Crippen LogP contribution in [0.3, 0.4) is 0 Å². The van der Waals surface area contributed by atoms with Crippen molar-refractivity contribution in [3.05, 3.63) is 52.4 Å². The number of hydrazine groups is 1. The van der Waals surface area contributed by atoms with Crippen molar-refractivity contribution in [3.63, 3.8) is 0 Å². The molecule has 0 spiro atoms. The lowest BCUT2D eigenvalue weighted by Crippen LogP contribution is -2.26. The van der Waals surface area contributed by atoms with Crippen LogP contribution < -0.4 is 10.9 Å². The molecule has 130 valence electrons. The number of aromatic nitrogens is 2. The van der Waals surface area contributed by atoms with Crippen LogP contribution in [0, 0.1) is 26.6 Å². The number of nitrogens with one attached hydrogen (secondary N) is 2. The van der Waals surface area contributed by atoms with Gasteiger partial charge in [-0.05, 0) is 44.5 Å². The van der Waals surface area contributed by atoms with Gasteiger partial charge in [0.05, 0.1) is 5.69 Å². The molecule has 0 fully saturated rings. The van der Waals surface area contributed by atoms with Gasteiger partial charge in [-0.1, -0.05) is 6.07 Å². The van der Waals surface area contributed by atoms with Crippen molar-refractivity contribution < 1.29 is 9.18 Å². The molecule has 25 heavy (non-hydrogen) atoms. The molecule has 0 saturated heterocycles. The highest BCUT2D eigenvalue weighted by molar-refractivity contribution is 7.14. The standard InChI is InChI=1S/C18H19FN4OS/c1-10-5-6-14(8-16(10)19)23-11(2)7-15(12(23)3)17-9-25-18(20-17)22-21-13(4)24/h5-9H,1-4H3,(H,20,22)(H,21,24). The summed E-state index contributed by atoms with van der Waals surface area (Å²) in [5, 5.41) is 2.53. The van der Waals surface area contributed by atoms with Gasteiger partial charge in [0, 0.05) is 34.9 Å². The maximum Gasteiger partial charge on any atom is 0.235 e. The van der Waals surface area contributed by atoms with E-state index >= 15 is 0 Å². The zero-order valence-electron chi connectivity index (χ0n) is 14.5. The normalized spacial score (nSPS) is 10.8. The topological polar surface area (TPSA) is 59.0 Å². The van der Waals surface area contributed by atoms with Gasteiger partial charge in [0.2, 0.25) is 11.0 Å². The number of amides is 1. The van der Waals surface area contributed by atoms with Crippen LogP contribution in [-0.4, -0.2) is 15.5 Å². The largest absolute Gasteiger partial charge is 0.318 e. The minimum absolute atomic E-state index is 0.184. The van der Waals surface area contributed by atoms with E-state index in [0.717, 1.165) is 28.3 Å². The molecule has 2 N–H and O–H groups in total. The quantitative estimate of drug-likeness (QED) is 0.690. The van der Waals surface area contributed by atoms with Crippen LogP contribution in [-0.2, 0) is 4.79 Å². The first-order valence-electron chi connectivity index (χ1n) is 7.81. The number of benzene rings is 1. The average molecular weight is 358 g/mol. The van der Waals surface area contributed by atoms with Crippen molar-refractivity contribution in [1.29, 1.82) is 0 Å². The Balaban J connectivity index is 1.97. The Morgan fingerprint density at radius 2 is 2.00 bits per heavy atom. The van der Waals surface area contributed by atoms with E-state index in [9.17, 15) is 9.18 Å². The number of hydrogen-bond acceptors (Lipinski definition) is 4. The molecule has 7 heteroatoms. The van der Waals surface area contributed by atoms with Gasteiger partial charge in [-0.2, -0.15) is 0 Å². The van der Waals surface area contributed by atoms with Gasteiger partial charge in [-0.25, -0.2) is 9.37 Å². The van der Waals surface area contributed by atoms with Crippen LogP contribution in [0.15, 0.2) is 29.6 Å². The van der Waals surface area contributed by atoms with Crippen molar-refractivity contribution in [1.82, 2.24) is 15.0 Å². The maximum atomic E-state index is 13.9. The fourth-order valence-corrected chi connectivity index (χ4v) is 3.40. The predicted molar refractivity (Wildman–Crippen MR) is 98.5 cm³/mol. The summed E-state index contributed by atoms with van der Waals surface area (Å²) in [5.41, 5.74) is 10.5. The van der Waals surface area contributed by atoms with Crippen LogP contribution >= 0.6 is 11.3 Å². The Morgan fingerprint density at radius 1 is 1.24 bits per heavy atom. The Morgan fingerprint density at radius 3 is 2.68 bits per heavy atom. The molecule has 2 heterocycles. The number of anilines is 1. The molecule has 0 aliphatic carbocycles. The van der Waals surface area contributed by atoms with Crippen molar-refractivity contribution in [2.45, 2.75) is 27.7 Å². The van der Waals surface area contributed by atoms with Crippen LogP contribution in [0.1, 0.15) is 23.9 Å². The fourth-order valence-electron chi connectivity index (χ4n) is 2.74. The summed E-state index contributed by atoms with van der Waals surface area (Å²) in [6.45, 7) is 7.14. The molecule has 0 bridgehead atoms. The summed E-state index contributed by atoms with van der Waals surface area (Å²) in [4.78, 5) is 15.5. The van der Waals surface area contributed by atoms with Crippen molar-refractivity contribution in [3.8, 4) is 16.9 Å². The van der Waals surface area contributed by atoms with E-state index in [0.29, 0.717) is 10.7 Å². The second-order valence-corrected chi connectivity index (χ2v) is 6.76. The molecule has 3 aromatic rings. The number of carbonyl (C=O) groups excluding carboxylic acids is 1. The molecule has 1 aromatic carbocycles. The van der Waals surface area contributed by atoms with Gasteiger partial charge in [0.1, 0.15) is 5.82 Å². The molecule has 1 amide bonds. The number of halogens is 1. The van der Waals surface area contributed by atoms with E-state index in [1.807, 2.05) is 35.9 Å². The number of nitrogens with zero attached hydrogens (tertiary/aromatic N) is 2. The Hall–Kier alpha value is -2.67. The van der Waals surface area contributed by atoms with E-state index in [-0.39, 0.29) is 11.7 Å². The van der Waals surface area contributed by atoms with E-state index in [2.05, 4.69) is 15.8 Å². The first kappa shape index (κ1) is 17.2. The fraction of sp³-hybridized carbons (Fsp3) is 0.222. The third-order valence-corrected chi connectivity index (χ3v) is 4.73. The summed E-state index contributed by atoms with van der Waals surface area (Å²) in [7, 11) is 0. The summed E-state index contributed by atoms with van der Waals surface area (Å²) in [5.74, 6) is -0.404. The molecule has 0 aliphatic rings.